The number of anilines is 1. The standard InChI is InChI=1S/C25H26ClN5O6/c1-36-22(32)19(11-14-10-17(26)21-20(12-14)37-25(35)29-21)28-23(33)30-8-6-16(7-9-30)31-13-15-4-2-3-5-18(15)27-24(31)34/h2-5,10,12,16,19H,6-9,11,13H2,1H3,(H,27,34)(H,28,33)(H,29,35)/t19-/m1/s1. The maximum Gasteiger partial charge on any atom is 0.417 e. The Kier molecular flexibility index (Phi) is 6.79. The fourth-order valence-electron chi connectivity index (χ4n) is 4.89. The summed E-state index contributed by atoms with van der Waals surface area (Å²) in [5, 5.41) is 5.95. The number of hydrogen-bond donors (Lipinski definition) is 3. The lowest BCUT2D eigenvalue weighted by Gasteiger charge is -2.40. The average molecular weight is 528 g/mol. The summed E-state index contributed by atoms with van der Waals surface area (Å²) in [5.41, 5.74) is 3.09. The first-order chi connectivity index (χ1) is 17.8. The summed E-state index contributed by atoms with van der Waals surface area (Å²) in [6, 6.07) is 9.39. The SMILES string of the molecule is COC(=O)[C@@H](Cc1cc(Cl)c2[nH]c(=O)oc2c1)NC(=O)N1CCC(N2Cc3ccccc3NC2=O)CC1. The number of para-hydroxylation sites is 1. The summed E-state index contributed by atoms with van der Waals surface area (Å²) in [5.74, 6) is -1.25. The van der Waals surface area contributed by atoms with Crippen LogP contribution in [-0.2, 0) is 22.5 Å². The van der Waals surface area contributed by atoms with Gasteiger partial charge in [0.15, 0.2) is 5.58 Å². The molecule has 3 aromatic rings. The van der Waals surface area contributed by atoms with Crippen LogP contribution in [0, 0.1) is 0 Å². The van der Waals surface area contributed by atoms with Gasteiger partial charge in [-0.1, -0.05) is 29.8 Å². The fraction of sp³-hybridized carbons (Fsp3) is 0.360. The molecule has 37 heavy (non-hydrogen) atoms. The summed E-state index contributed by atoms with van der Waals surface area (Å²) < 4.78 is 9.98. The van der Waals surface area contributed by atoms with Crippen LogP contribution in [0.1, 0.15) is 24.0 Å². The maximum atomic E-state index is 13.0. The Labute approximate surface area is 216 Å². The molecule has 3 N–H and O–H groups in total. The van der Waals surface area contributed by atoms with E-state index in [9.17, 15) is 19.2 Å². The molecule has 1 aromatic heterocycles. The third-order valence-corrected chi connectivity index (χ3v) is 7.12. The van der Waals surface area contributed by atoms with Gasteiger partial charge in [0.05, 0.1) is 12.1 Å². The molecule has 2 aliphatic rings. The highest BCUT2D eigenvalue weighted by molar-refractivity contribution is 6.34. The number of aromatic nitrogens is 1. The molecular formula is C25H26ClN5O6. The number of ether oxygens (including phenoxy) is 1. The van der Waals surface area contributed by atoms with Gasteiger partial charge in [-0.2, -0.15) is 0 Å². The number of urea groups is 2. The molecule has 1 saturated heterocycles. The number of esters is 1. The van der Waals surface area contributed by atoms with Crippen LogP contribution < -0.4 is 16.4 Å². The molecule has 12 heteroatoms. The van der Waals surface area contributed by atoms with Crippen LogP contribution in [0.25, 0.3) is 11.1 Å². The molecule has 0 radical (unpaired) electrons. The van der Waals surface area contributed by atoms with Crippen molar-refractivity contribution in [1.82, 2.24) is 20.1 Å². The molecule has 11 nitrogen and oxygen atoms in total. The predicted molar refractivity (Wildman–Crippen MR) is 135 cm³/mol. The molecule has 2 aliphatic heterocycles. The number of piperidine rings is 1. The van der Waals surface area contributed by atoms with Crippen LogP contribution >= 0.6 is 11.6 Å². The first kappa shape index (κ1) is 24.7. The molecule has 0 saturated carbocycles. The Hall–Kier alpha value is -3.99. The number of nitrogens with zero attached hydrogens (tertiary/aromatic N) is 2. The lowest BCUT2D eigenvalue weighted by molar-refractivity contribution is -0.142. The van der Waals surface area contributed by atoms with E-state index in [0.717, 1.165) is 11.3 Å². The Morgan fingerprint density at radius 3 is 2.73 bits per heavy atom. The minimum atomic E-state index is -0.973. The highest BCUT2D eigenvalue weighted by Gasteiger charge is 2.33. The van der Waals surface area contributed by atoms with Crippen LogP contribution in [0.2, 0.25) is 5.02 Å². The van der Waals surface area contributed by atoms with E-state index < -0.39 is 23.8 Å². The first-order valence-corrected chi connectivity index (χ1v) is 12.3. The summed E-state index contributed by atoms with van der Waals surface area (Å²) in [6.07, 6.45) is 1.32. The smallest absolute Gasteiger partial charge is 0.417 e. The second-order valence-corrected chi connectivity index (χ2v) is 9.54. The van der Waals surface area contributed by atoms with Crippen molar-refractivity contribution < 1.29 is 23.5 Å². The number of benzene rings is 2. The molecule has 0 bridgehead atoms. The third-order valence-electron chi connectivity index (χ3n) is 6.82. The number of hydrogen-bond acceptors (Lipinski definition) is 6. The summed E-state index contributed by atoms with van der Waals surface area (Å²) in [7, 11) is 1.25. The molecule has 5 rings (SSSR count). The first-order valence-electron chi connectivity index (χ1n) is 11.9. The van der Waals surface area contributed by atoms with Gasteiger partial charge >= 0.3 is 23.8 Å². The van der Waals surface area contributed by atoms with Crippen LogP contribution in [-0.4, -0.2) is 65.1 Å². The number of oxazole rings is 1. The van der Waals surface area contributed by atoms with E-state index in [1.807, 2.05) is 29.2 Å². The largest absolute Gasteiger partial charge is 0.467 e. The van der Waals surface area contributed by atoms with Crippen molar-refractivity contribution in [3.63, 3.8) is 0 Å². The van der Waals surface area contributed by atoms with E-state index in [-0.39, 0.29) is 29.1 Å². The average Bonchev–Trinajstić information content (AvgIpc) is 3.28. The van der Waals surface area contributed by atoms with Gasteiger partial charge < -0.3 is 29.6 Å². The van der Waals surface area contributed by atoms with E-state index in [0.29, 0.717) is 43.6 Å². The highest BCUT2D eigenvalue weighted by Crippen LogP contribution is 2.28. The number of halogens is 1. The zero-order valence-electron chi connectivity index (χ0n) is 20.1. The summed E-state index contributed by atoms with van der Waals surface area (Å²) in [6.45, 7) is 1.39. The Morgan fingerprint density at radius 2 is 1.97 bits per heavy atom. The molecule has 0 unspecified atom stereocenters. The number of amides is 4. The van der Waals surface area contributed by atoms with E-state index in [4.69, 9.17) is 20.8 Å². The second kappa shape index (κ2) is 10.2. The molecule has 2 aromatic carbocycles. The number of rotatable bonds is 5. The number of methoxy groups -OCH3 is 1. The number of fused-ring (bicyclic) bond motifs is 2. The van der Waals surface area contributed by atoms with Gasteiger partial charge in [0.1, 0.15) is 11.6 Å². The van der Waals surface area contributed by atoms with Crippen molar-refractivity contribution in [3.8, 4) is 0 Å². The minimum absolute atomic E-state index is 0.00122. The molecule has 1 fully saturated rings. The quantitative estimate of drug-likeness (QED) is 0.436. The van der Waals surface area contributed by atoms with Gasteiger partial charge in [-0.3, -0.25) is 4.98 Å². The van der Waals surface area contributed by atoms with E-state index in [2.05, 4.69) is 15.6 Å². The zero-order chi connectivity index (χ0) is 26.1. The lowest BCUT2D eigenvalue weighted by Crippen LogP contribution is -2.54. The monoisotopic (exact) mass is 527 g/mol. The topological polar surface area (TPSA) is 137 Å². The van der Waals surface area contributed by atoms with Crippen LogP contribution in [0.15, 0.2) is 45.6 Å². The fourth-order valence-corrected chi connectivity index (χ4v) is 5.17. The van der Waals surface area contributed by atoms with Crippen molar-refractivity contribution in [2.75, 3.05) is 25.5 Å². The highest BCUT2D eigenvalue weighted by atomic mass is 35.5. The predicted octanol–water partition coefficient (Wildman–Crippen LogP) is 3.08. The Bertz CT molecular complexity index is 1410. The molecular weight excluding hydrogens is 502 g/mol. The second-order valence-electron chi connectivity index (χ2n) is 9.13. The van der Waals surface area contributed by atoms with Crippen molar-refractivity contribution in [1.29, 1.82) is 0 Å². The minimum Gasteiger partial charge on any atom is -0.467 e. The van der Waals surface area contributed by atoms with Gasteiger partial charge in [0, 0.05) is 37.8 Å². The van der Waals surface area contributed by atoms with Gasteiger partial charge in [-0.25, -0.2) is 19.2 Å². The van der Waals surface area contributed by atoms with E-state index in [1.165, 1.54) is 7.11 Å². The normalized spacial score (nSPS) is 16.8. The molecule has 0 spiro atoms. The van der Waals surface area contributed by atoms with Crippen molar-refractivity contribution >= 4 is 46.4 Å². The number of H-pyrrole nitrogens is 1. The van der Waals surface area contributed by atoms with E-state index >= 15 is 0 Å². The molecule has 4 amide bonds. The van der Waals surface area contributed by atoms with Gasteiger partial charge in [0.25, 0.3) is 0 Å². The number of nitrogens with one attached hydrogen (secondary N) is 3. The van der Waals surface area contributed by atoms with Gasteiger partial charge in [-0.05, 0) is 42.2 Å². The van der Waals surface area contributed by atoms with Crippen molar-refractivity contribution in [2.45, 2.75) is 37.9 Å². The van der Waals surface area contributed by atoms with Crippen molar-refractivity contribution in [3.05, 3.63) is 63.1 Å². The summed E-state index contributed by atoms with van der Waals surface area (Å²) >= 11 is 6.24. The zero-order valence-corrected chi connectivity index (χ0v) is 20.8. The molecule has 0 aliphatic carbocycles. The van der Waals surface area contributed by atoms with Crippen LogP contribution in [0.4, 0.5) is 15.3 Å². The van der Waals surface area contributed by atoms with Crippen LogP contribution in [0.3, 0.4) is 0 Å². The molecule has 3 heterocycles. The number of aromatic amines is 1. The third kappa shape index (κ3) is 5.12. The van der Waals surface area contributed by atoms with Crippen LogP contribution in [0.5, 0.6) is 0 Å². The molecule has 194 valence electrons. The number of carbonyl (C=O) groups excluding carboxylic acids is 3. The maximum absolute atomic E-state index is 13.0. The molecule has 1 atom stereocenters. The van der Waals surface area contributed by atoms with E-state index in [1.54, 1.807) is 17.0 Å². The lowest BCUT2D eigenvalue weighted by atomic mass is 10.0. The number of likely N-dealkylation sites (tertiary alicyclic amines) is 1. The van der Waals surface area contributed by atoms with Gasteiger partial charge in [0.2, 0.25) is 0 Å². The Balaban J connectivity index is 1.22. The number of carbonyl (C=O) groups is 3. The summed E-state index contributed by atoms with van der Waals surface area (Å²) in [4.78, 5) is 55.6. The van der Waals surface area contributed by atoms with Crippen molar-refractivity contribution in [2.24, 2.45) is 0 Å². The Morgan fingerprint density at radius 1 is 1.22 bits per heavy atom. The van der Waals surface area contributed by atoms with Gasteiger partial charge in [-0.15, -0.1) is 0 Å².